The Kier molecular flexibility index (Phi) is 6.67. The Hall–Kier alpha value is -0.910. The van der Waals surface area contributed by atoms with E-state index in [-0.39, 0.29) is 5.91 Å². The van der Waals surface area contributed by atoms with Gasteiger partial charge in [0, 0.05) is 36.6 Å². The standard InChI is InChI=1S/C16H23BrN2O2/c1-13(12-14-2-4-15(17)5-3-14)18-7-6-16(20)19-8-10-21-11-9-19/h2-5,13,18H,6-12H2,1H3. The van der Waals surface area contributed by atoms with E-state index < -0.39 is 0 Å². The lowest BCUT2D eigenvalue weighted by molar-refractivity contribution is -0.135. The smallest absolute Gasteiger partial charge is 0.224 e. The van der Waals surface area contributed by atoms with E-state index >= 15 is 0 Å². The van der Waals surface area contributed by atoms with E-state index in [1.54, 1.807) is 0 Å². The van der Waals surface area contributed by atoms with Gasteiger partial charge in [0.1, 0.15) is 0 Å². The quantitative estimate of drug-likeness (QED) is 0.851. The minimum absolute atomic E-state index is 0.224. The Morgan fingerprint density at radius 3 is 2.67 bits per heavy atom. The lowest BCUT2D eigenvalue weighted by atomic mass is 10.1. The number of morpholine rings is 1. The predicted molar refractivity (Wildman–Crippen MR) is 87.3 cm³/mol. The molecule has 1 aliphatic rings. The van der Waals surface area contributed by atoms with Crippen molar-refractivity contribution in [1.29, 1.82) is 0 Å². The van der Waals surface area contributed by atoms with Crippen molar-refractivity contribution < 1.29 is 9.53 Å². The molecule has 0 radical (unpaired) electrons. The molecule has 1 aromatic carbocycles. The van der Waals surface area contributed by atoms with Gasteiger partial charge >= 0.3 is 0 Å². The zero-order valence-electron chi connectivity index (χ0n) is 12.5. The van der Waals surface area contributed by atoms with E-state index in [4.69, 9.17) is 4.74 Å². The SMILES string of the molecule is CC(Cc1ccc(Br)cc1)NCCC(=O)N1CCOCC1. The number of carbonyl (C=O) groups excluding carboxylic acids is 1. The molecular formula is C16H23BrN2O2. The van der Waals surface area contributed by atoms with Crippen molar-refractivity contribution in [3.63, 3.8) is 0 Å². The summed E-state index contributed by atoms with van der Waals surface area (Å²) in [7, 11) is 0. The number of hydrogen-bond acceptors (Lipinski definition) is 3. The van der Waals surface area contributed by atoms with E-state index in [1.807, 2.05) is 4.90 Å². The molecule has 1 N–H and O–H groups in total. The van der Waals surface area contributed by atoms with Crippen molar-refractivity contribution in [1.82, 2.24) is 10.2 Å². The Labute approximate surface area is 135 Å². The molecule has 0 aliphatic carbocycles. The van der Waals surface area contributed by atoms with Gasteiger partial charge in [0.25, 0.3) is 0 Å². The fourth-order valence-electron chi connectivity index (χ4n) is 2.44. The highest BCUT2D eigenvalue weighted by atomic mass is 79.9. The van der Waals surface area contributed by atoms with E-state index in [0.717, 1.165) is 30.5 Å². The third-order valence-corrected chi connectivity index (χ3v) is 4.18. The summed E-state index contributed by atoms with van der Waals surface area (Å²) in [5.41, 5.74) is 1.30. The normalized spacial score (nSPS) is 16.8. The fourth-order valence-corrected chi connectivity index (χ4v) is 2.71. The molecule has 21 heavy (non-hydrogen) atoms. The molecule has 1 atom stereocenters. The largest absolute Gasteiger partial charge is 0.378 e. The maximum absolute atomic E-state index is 12.0. The molecule has 0 aromatic heterocycles. The molecule has 0 saturated carbocycles. The van der Waals surface area contributed by atoms with Crippen LogP contribution in [0.4, 0.5) is 0 Å². The van der Waals surface area contributed by atoms with Crippen molar-refractivity contribution in [2.45, 2.75) is 25.8 Å². The maximum Gasteiger partial charge on any atom is 0.224 e. The Morgan fingerprint density at radius 1 is 1.33 bits per heavy atom. The van der Waals surface area contributed by atoms with Crippen LogP contribution < -0.4 is 5.32 Å². The van der Waals surface area contributed by atoms with Gasteiger partial charge in [-0.25, -0.2) is 0 Å². The number of hydrogen-bond donors (Lipinski definition) is 1. The van der Waals surface area contributed by atoms with Crippen LogP contribution in [0.2, 0.25) is 0 Å². The molecule has 116 valence electrons. The minimum atomic E-state index is 0.224. The predicted octanol–water partition coefficient (Wildman–Crippen LogP) is 2.22. The number of benzene rings is 1. The number of nitrogens with zero attached hydrogens (tertiary/aromatic N) is 1. The molecule has 4 nitrogen and oxygen atoms in total. The van der Waals surface area contributed by atoms with Gasteiger partial charge < -0.3 is 15.0 Å². The summed E-state index contributed by atoms with van der Waals surface area (Å²) in [6, 6.07) is 8.74. The number of amides is 1. The van der Waals surface area contributed by atoms with Crippen LogP contribution in [0.1, 0.15) is 18.9 Å². The summed E-state index contributed by atoms with van der Waals surface area (Å²) >= 11 is 3.44. The van der Waals surface area contributed by atoms with Gasteiger partial charge in [-0.05, 0) is 31.0 Å². The molecule has 1 heterocycles. The number of nitrogens with one attached hydrogen (secondary N) is 1. The molecule has 1 amide bonds. The van der Waals surface area contributed by atoms with Crippen molar-refractivity contribution in [2.24, 2.45) is 0 Å². The maximum atomic E-state index is 12.0. The van der Waals surface area contributed by atoms with Gasteiger partial charge in [0.2, 0.25) is 5.91 Å². The first-order chi connectivity index (χ1) is 10.1. The highest BCUT2D eigenvalue weighted by Crippen LogP contribution is 2.11. The van der Waals surface area contributed by atoms with Crippen LogP contribution in [0.25, 0.3) is 0 Å². The molecule has 1 aromatic rings. The average molecular weight is 355 g/mol. The zero-order valence-corrected chi connectivity index (χ0v) is 14.1. The summed E-state index contributed by atoms with van der Waals surface area (Å²) in [6.07, 6.45) is 1.53. The van der Waals surface area contributed by atoms with Crippen molar-refractivity contribution >= 4 is 21.8 Å². The van der Waals surface area contributed by atoms with Gasteiger partial charge in [0.05, 0.1) is 13.2 Å². The Morgan fingerprint density at radius 2 is 2.00 bits per heavy atom. The van der Waals surface area contributed by atoms with Crippen LogP contribution in [0, 0.1) is 0 Å². The first kappa shape index (κ1) is 16.5. The van der Waals surface area contributed by atoms with Crippen molar-refractivity contribution in [3.8, 4) is 0 Å². The number of rotatable bonds is 6. The van der Waals surface area contributed by atoms with Gasteiger partial charge in [-0.1, -0.05) is 28.1 Å². The molecule has 1 saturated heterocycles. The average Bonchev–Trinajstić information content (AvgIpc) is 2.50. The number of ether oxygens (including phenoxy) is 1. The van der Waals surface area contributed by atoms with Gasteiger partial charge in [-0.15, -0.1) is 0 Å². The molecular weight excluding hydrogens is 332 g/mol. The highest BCUT2D eigenvalue weighted by Gasteiger charge is 2.16. The molecule has 1 fully saturated rings. The van der Waals surface area contributed by atoms with E-state index in [0.29, 0.717) is 25.7 Å². The first-order valence-corrected chi connectivity index (χ1v) is 8.28. The van der Waals surface area contributed by atoms with E-state index in [9.17, 15) is 4.79 Å². The Balaban J connectivity index is 1.65. The summed E-state index contributed by atoms with van der Waals surface area (Å²) < 4.78 is 6.35. The monoisotopic (exact) mass is 354 g/mol. The number of carbonyl (C=O) groups is 1. The zero-order chi connectivity index (χ0) is 15.1. The van der Waals surface area contributed by atoms with Crippen molar-refractivity contribution in [3.05, 3.63) is 34.3 Å². The van der Waals surface area contributed by atoms with Crippen LogP contribution in [0.15, 0.2) is 28.7 Å². The third-order valence-electron chi connectivity index (χ3n) is 3.65. The number of halogens is 1. The highest BCUT2D eigenvalue weighted by molar-refractivity contribution is 9.10. The van der Waals surface area contributed by atoms with Gasteiger partial charge in [-0.2, -0.15) is 0 Å². The fraction of sp³-hybridized carbons (Fsp3) is 0.562. The topological polar surface area (TPSA) is 41.6 Å². The van der Waals surface area contributed by atoms with E-state index in [1.165, 1.54) is 5.56 Å². The second kappa shape index (κ2) is 8.51. The first-order valence-electron chi connectivity index (χ1n) is 7.48. The molecule has 0 spiro atoms. The Bertz CT molecular complexity index is 444. The van der Waals surface area contributed by atoms with Gasteiger partial charge in [-0.3, -0.25) is 4.79 Å². The molecule has 0 bridgehead atoms. The lowest BCUT2D eigenvalue weighted by Gasteiger charge is -2.27. The van der Waals surface area contributed by atoms with Crippen molar-refractivity contribution in [2.75, 3.05) is 32.8 Å². The van der Waals surface area contributed by atoms with Gasteiger partial charge in [0.15, 0.2) is 0 Å². The minimum Gasteiger partial charge on any atom is -0.378 e. The molecule has 5 heteroatoms. The van der Waals surface area contributed by atoms with Crippen LogP contribution in [0.3, 0.4) is 0 Å². The molecule has 1 unspecified atom stereocenters. The van der Waals surface area contributed by atoms with Crippen LogP contribution in [-0.4, -0.2) is 49.7 Å². The second-order valence-electron chi connectivity index (χ2n) is 5.43. The van der Waals surface area contributed by atoms with E-state index in [2.05, 4.69) is 52.4 Å². The van der Waals surface area contributed by atoms with Crippen LogP contribution in [-0.2, 0) is 16.0 Å². The summed E-state index contributed by atoms with van der Waals surface area (Å²) in [5.74, 6) is 0.224. The summed E-state index contributed by atoms with van der Waals surface area (Å²) in [6.45, 7) is 5.67. The molecule has 2 rings (SSSR count). The molecule has 1 aliphatic heterocycles. The summed E-state index contributed by atoms with van der Waals surface area (Å²) in [4.78, 5) is 13.9. The van der Waals surface area contributed by atoms with Crippen LogP contribution in [0.5, 0.6) is 0 Å². The summed E-state index contributed by atoms with van der Waals surface area (Å²) in [5, 5.41) is 3.43. The third kappa shape index (κ3) is 5.77. The lowest BCUT2D eigenvalue weighted by Crippen LogP contribution is -2.42. The second-order valence-corrected chi connectivity index (χ2v) is 6.34. The van der Waals surface area contributed by atoms with Crippen LogP contribution >= 0.6 is 15.9 Å².